The van der Waals surface area contributed by atoms with Crippen LogP contribution in [0.1, 0.15) is 39.0 Å². The van der Waals surface area contributed by atoms with Crippen LogP contribution in [0.25, 0.3) is 0 Å². The first-order valence-corrected chi connectivity index (χ1v) is 12.3. The Labute approximate surface area is 199 Å². The minimum atomic E-state index is -0.822. The van der Waals surface area contributed by atoms with Crippen molar-refractivity contribution in [2.75, 3.05) is 18.8 Å². The number of azo groups is 1. The van der Waals surface area contributed by atoms with Gasteiger partial charge in [-0.05, 0) is 23.8 Å². The average molecular weight is 499 g/mol. The lowest BCUT2D eigenvalue weighted by Crippen LogP contribution is -2.38. The van der Waals surface area contributed by atoms with Crippen LogP contribution in [-0.4, -0.2) is 58.5 Å². The molecule has 12 nitrogen and oxygen atoms in total. The summed E-state index contributed by atoms with van der Waals surface area (Å²) in [7, 11) is 2.93. The molecule has 1 aliphatic heterocycles. The van der Waals surface area contributed by atoms with Crippen molar-refractivity contribution in [3.8, 4) is 0 Å². The van der Waals surface area contributed by atoms with Gasteiger partial charge in [-0.1, -0.05) is 23.4 Å². The van der Waals surface area contributed by atoms with Gasteiger partial charge in [0, 0.05) is 44.2 Å². The fourth-order valence-electron chi connectivity index (χ4n) is 2.08. The number of carbonyl (C=O) groups excluding carboxylic acids is 5. The van der Waals surface area contributed by atoms with Crippen LogP contribution in [0.5, 0.6) is 0 Å². The van der Waals surface area contributed by atoms with Crippen molar-refractivity contribution in [2.24, 2.45) is 15.2 Å². The molecular formula is C19H26N6O6S2. The molecule has 4 amide bonds. The van der Waals surface area contributed by atoms with E-state index in [2.05, 4.69) is 37.5 Å². The standard InChI is InChI=1S/C19H26N6O6S2/c1-3-5-16(20-4-2)33-32-13-10-15(27)24-21-11-8-14(26)23-22-12-9-19(30)31-25-17(28)6-7-18(25)29/h3-5,21H,2,6-13H2,1H3,(H,24,27)/b5-3-,20-16?,23-22?. The summed E-state index contributed by atoms with van der Waals surface area (Å²) in [5.74, 6) is -2.16. The van der Waals surface area contributed by atoms with E-state index in [9.17, 15) is 24.0 Å². The Kier molecular flexibility index (Phi) is 14.3. The molecule has 0 spiro atoms. The van der Waals surface area contributed by atoms with Gasteiger partial charge in [-0.15, -0.1) is 10.2 Å². The molecule has 0 saturated carbocycles. The third-order valence-electron chi connectivity index (χ3n) is 3.57. The molecule has 0 aliphatic carbocycles. The van der Waals surface area contributed by atoms with Gasteiger partial charge in [-0.3, -0.25) is 24.6 Å². The molecule has 1 saturated heterocycles. The minimum Gasteiger partial charge on any atom is -0.330 e. The zero-order chi connectivity index (χ0) is 24.5. The topological polar surface area (TPSA) is 159 Å². The van der Waals surface area contributed by atoms with Crippen molar-refractivity contribution in [1.82, 2.24) is 15.9 Å². The van der Waals surface area contributed by atoms with E-state index in [1.807, 2.05) is 19.1 Å². The van der Waals surface area contributed by atoms with E-state index < -0.39 is 23.7 Å². The number of carbonyl (C=O) groups is 5. The molecule has 0 radical (unpaired) electrons. The van der Waals surface area contributed by atoms with Crippen LogP contribution in [0.4, 0.5) is 0 Å². The number of imide groups is 1. The lowest BCUT2D eigenvalue weighted by Gasteiger charge is -2.11. The SMILES string of the molecule is C=CN=C(/C=C\C)SSCCC(=O)NNCCC(=O)N=NCCC(=O)ON1C(=O)CCC1=O. The zero-order valence-electron chi connectivity index (χ0n) is 18.2. The second-order valence-corrected chi connectivity index (χ2v) is 8.62. The van der Waals surface area contributed by atoms with Gasteiger partial charge in [0.15, 0.2) is 0 Å². The first-order valence-electron chi connectivity index (χ1n) is 9.96. The summed E-state index contributed by atoms with van der Waals surface area (Å²) < 4.78 is 0. The Balaban J connectivity index is 2.09. The Hall–Kier alpha value is -2.84. The summed E-state index contributed by atoms with van der Waals surface area (Å²) in [6.07, 6.45) is 5.21. The van der Waals surface area contributed by atoms with Crippen LogP contribution in [-0.2, 0) is 28.8 Å². The van der Waals surface area contributed by atoms with Crippen molar-refractivity contribution in [3.05, 3.63) is 24.9 Å². The molecule has 0 atom stereocenters. The fraction of sp³-hybridized carbons (Fsp3) is 0.474. The summed E-state index contributed by atoms with van der Waals surface area (Å²) in [6.45, 7) is 5.46. The molecule has 0 aromatic rings. The highest BCUT2D eigenvalue weighted by Gasteiger charge is 2.32. The number of rotatable bonds is 14. The molecule has 2 N–H and O–H groups in total. The van der Waals surface area contributed by atoms with Crippen LogP contribution in [0, 0.1) is 0 Å². The number of nitrogens with zero attached hydrogens (tertiary/aromatic N) is 4. The van der Waals surface area contributed by atoms with Crippen molar-refractivity contribution < 1.29 is 28.8 Å². The number of hydrazine groups is 1. The summed E-state index contributed by atoms with van der Waals surface area (Å²) in [5.41, 5.74) is 5.12. The van der Waals surface area contributed by atoms with Crippen molar-refractivity contribution >= 4 is 56.2 Å². The van der Waals surface area contributed by atoms with Gasteiger partial charge in [-0.2, -0.15) is 5.11 Å². The fourth-order valence-corrected chi connectivity index (χ4v) is 4.02. The lowest BCUT2D eigenvalue weighted by atomic mass is 10.4. The monoisotopic (exact) mass is 498 g/mol. The smallest absolute Gasteiger partial charge is 0.330 e. The molecule has 1 aliphatic rings. The summed E-state index contributed by atoms with van der Waals surface area (Å²) in [6, 6.07) is 0. The highest BCUT2D eigenvalue weighted by atomic mass is 33.1. The van der Waals surface area contributed by atoms with E-state index in [0.717, 1.165) is 5.04 Å². The van der Waals surface area contributed by atoms with Gasteiger partial charge in [0.1, 0.15) is 5.04 Å². The quantitative estimate of drug-likeness (QED) is 0.0693. The van der Waals surface area contributed by atoms with Gasteiger partial charge in [0.2, 0.25) is 5.91 Å². The van der Waals surface area contributed by atoms with E-state index in [1.165, 1.54) is 27.8 Å². The van der Waals surface area contributed by atoms with Gasteiger partial charge in [-0.25, -0.2) is 15.2 Å². The molecule has 1 heterocycles. The number of hydrogen-bond donors (Lipinski definition) is 2. The van der Waals surface area contributed by atoms with E-state index in [4.69, 9.17) is 0 Å². The number of hydrogen-bond acceptors (Lipinski definition) is 11. The maximum absolute atomic E-state index is 11.8. The lowest BCUT2D eigenvalue weighted by molar-refractivity contribution is -0.197. The average Bonchev–Trinajstić information content (AvgIpc) is 3.09. The number of amides is 4. The van der Waals surface area contributed by atoms with Crippen LogP contribution in [0.2, 0.25) is 0 Å². The van der Waals surface area contributed by atoms with E-state index in [-0.39, 0.29) is 51.1 Å². The highest BCUT2D eigenvalue weighted by molar-refractivity contribution is 8.82. The van der Waals surface area contributed by atoms with Gasteiger partial charge < -0.3 is 4.84 Å². The molecule has 0 aromatic heterocycles. The normalized spacial score (nSPS) is 14.3. The van der Waals surface area contributed by atoms with Crippen molar-refractivity contribution in [3.63, 3.8) is 0 Å². The Morgan fingerprint density at radius 1 is 1.18 bits per heavy atom. The van der Waals surface area contributed by atoms with E-state index >= 15 is 0 Å². The van der Waals surface area contributed by atoms with Crippen LogP contribution in [0.3, 0.4) is 0 Å². The first kappa shape index (κ1) is 28.2. The number of hydroxylamine groups is 2. The Morgan fingerprint density at radius 3 is 2.58 bits per heavy atom. The van der Waals surface area contributed by atoms with Crippen LogP contribution < -0.4 is 10.9 Å². The molecule has 1 rings (SSSR count). The molecular weight excluding hydrogens is 472 g/mol. The van der Waals surface area contributed by atoms with Crippen LogP contribution in [0.15, 0.2) is 40.2 Å². The number of aliphatic imine (C=N–C) groups is 1. The molecule has 0 aromatic carbocycles. The third-order valence-corrected chi connectivity index (χ3v) is 5.84. The second-order valence-electron chi connectivity index (χ2n) is 6.18. The maximum Gasteiger partial charge on any atom is 0.335 e. The summed E-state index contributed by atoms with van der Waals surface area (Å²) >= 11 is 0. The molecule has 1 fully saturated rings. The maximum atomic E-state index is 11.8. The molecule has 0 bridgehead atoms. The van der Waals surface area contributed by atoms with E-state index in [0.29, 0.717) is 10.8 Å². The summed E-state index contributed by atoms with van der Waals surface area (Å²) in [4.78, 5) is 66.4. The van der Waals surface area contributed by atoms with E-state index in [1.54, 1.807) is 0 Å². The number of nitrogens with one attached hydrogen (secondary N) is 2. The minimum absolute atomic E-state index is 0.00988. The molecule has 0 unspecified atom stereocenters. The highest BCUT2D eigenvalue weighted by Crippen LogP contribution is 2.24. The van der Waals surface area contributed by atoms with Crippen molar-refractivity contribution in [2.45, 2.75) is 39.0 Å². The van der Waals surface area contributed by atoms with Gasteiger partial charge in [0.05, 0.1) is 13.0 Å². The van der Waals surface area contributed by atoms with Crippen molar-refractivity contribution in [1.29, 1.82) is 0 Å². The predicted octanol–water partition coefficient (Wildman–Crippen LogP) is 1.86. The predicted molar refractivity (Wildman–Crippen MR) is 124 cm³/mol. The Bertz CT molecular complexity index is 814. The van der Waals surface area contributed by atoms with Crippen LogP contribution >= 0.6 is 21.6 Å². The first-order chi connectivity index (χ1) is 15.9. The zero-order valence-corrected chi connectivity index (χ0v) is 19.8. The van der Waals surface area contributed by atoms with Gasteiger partial charge >= 0.3 is 5.97 Å². The number of allylic oxidation sites excluding steroid dienone is 1. The molecule has 33 heavy (non-hydrogen) atoms. The Morgan fingerprint density at radius 2 is 1.91 bits per heavy atom. The second kappa shape index (κ2) is 16.7. The van der Waals surface area contributed by atoms with Gasteiger partial charge in [0.25, 0.3) is 17.7 Å². The largest absolute Gasteiger partial charge is 0.335 e. The molecule has 180 valence electrons. The molecule has 14 heteroatoms. The third kappa shape index (κ3) is 12.7. The summed E-state index contributed by atoms with van der Waals surface area (Å²) in [5, 5.41) is 8.24.